The molecule has 0 unspecified atom stereocenters. The summed E-state index contributed by atoms with van der Waals surface area (Å²) in [6.07, 6.45) is 2.72. The number of carboxylic acid groups (broad SMARTS) is 1. The van der Waals surface area contributed by atoms with Gasteiger partial charge >= 0.3 is 5.97 Å². The van der Waals surface area contributed by atoms with Crippen molar-refractivity contribution in [1.82, 2.24) is 0 Å². The molecule has 15 heavy (non-hydrogen) atoms. The second-order valence-corrected chi connectivity index (χ2v) is 4.71. The van der Waals surface area contributed by atoms with E-state index < -0.39 is 5.97 Å². The van der Waals surface area contributed by atoms with Gasteiger partial charge in [0.2, 0.25) is 0 Å². The number of nitrogen functional groups attached to an aromatic ring is 1. The second kappa shape index (κ2) is 5.82. The van der Waals surface area contributed by atoms with Crippen molar-refractivity contribution >= 4 is 39.3 Å². The van der Waals surface area contributed by atoms with E-state index in [-0.39, 0.29) is 0 Å². The molecule has 0 fully saturated rings. The van der Waals surface area contributed by atoms with Crippen LogP contribution in [-0.2, 0) is 4.79 Å². The maximum Gasteiger partial charge on any atom is 0.328 e. The van der Waals surface area contributed by atoms with Crippen molar-refractivity contribution in [3.05, 3.63) is 34.8 Å². The minimum atomic E-state index is -0.933. The first-order valence-corrected chi connectivity index (χ1v) is 5.95. The quantitative estimate of drug-likeness (QED) is 0.508. The van der Waals surface area contributed by atoms with Crippen LogP contribution in [-0.4, -0.2) is 16.8 Å². The van der Waals surface area contributed by atoms with E-state index in [0.717, 1.165) is 15.4 Å². The SMILES string of the molecule is Nc1ccc(Br)cc1SC/C=C/C(=O)O. The molecule has 0 radical (unpaired) electrons. The van der Waals surface area contributed by atoms with Gasteiger partial charge in [-0.2, -0.15) is 0 Å². The van der Waals surface area contributed by atoms with Gasteiger partial charge in [-0.3, -0.25) is 0 Å². The molecule has 0 saturated heterocycles. The second-order valence-electron chi connectivity index (χ2n) is 2.73. The molecular formula is C10H10BrNO2S. The molecule has 5 heteroatoms. The Hall–Kier alpha value is -0.940. The van der Waals surface area contributed by atoms with E-state index >= 15 is 0 Å². The monoisotopic (exact) mass is 287 g/mol. The number of carbonyl (C=O) groups is 1. The zero-order valence-electron chi connectivity index (χ0n) is 7.81. The highest BCUT2D eigenvalue weighted by atomic mass is 79.9. The predicted octanol–water partition coefficient (Wildman–Crippen LogP) is 2.76. The standard InChI is InChI=1S/C10H10BrNO2S/c11-7-3-4-8(12)9(6-7)15-5-1-2-10(13)14/h1-4,6H,5,12H2,(H,13,14)/b2-1+. The van der Waals surface area contributed by atoms with Crippen molar-refractivity contribution in [2.24, 2.45) is 0 Å². The number of hydrogen-bond donors (Lipinski definition) is 2. The fraction of sp³-hybridized carbons (Fsp3) is 0.100. The first kappa shape index (κ1) is 12.1. The van der Waals surface area contributed by atoms with Gasteiger partial charge in [0.05, 0.1) is 0 Å². The molecule has 0 amide bonds. The number of halogens is 1. The van der Waals surface area contributed by atoms with E-state index in [1.807, 2.05) is 18.2 Å². The minimum Gasteiger partial charge on any atom is -0.478 e. The molecular weight excluding hydrogens is 278 g/mol. The molecule has 0 saturated carbocycles. The fourth-order valence-electron chi connectivity index (χ4n) is 0.920. The Morgan fingerprint density at radius 2 is 2.33 bits per heavy atom. The lowest BCUT2D eigenvalue weighted by Gasteiger charge is -2.03. The van der Waals surface area contributed by atoms with Crippen molar-refractivity contribution < 1.29 is 9.90 Å². The lowest BCUT2D eigenvalue weighted by molar-refractivity contribution is -0.131. The molecule has 1 aromatic rings. The van der Waals surface area contributed by atoms with Gasteiger partial charge in [0.25, 0.3) is 0 Å². The topological polar surface area (TPSA) is 63.3 Å². The highest BCUT2D eigenvalue weighted by molar-refractivity contribution is 9.10. The third-order valence-electron chi connectivity index (χ3n) is 1.57. The Labute approximate surface area is 100 Å². The molecule has 0 heterocycles. The summed E-state index contributed by atoms with van der Waals surface area (Å²) < 4.78 is 0.960. The lowest BCUT2D eigenvalue weighted by Crippen LogP contribution is -1.89. The van der Waals surface area contributed by atoms with Crippen LogP contribution in [0, 0.1) is 0 Å². The molecule has 0 bridgehead atoms. The van der Waals surface area contributed by atoms with Crippen LogP contribution < -0.4 is 5.73 Å². The van der Waals surface area contributed by atoms with Crippen LogP contribution in [0.2, 0.25) is 0 Å². The molecule has 80 valence electrons. The van der Waals surface area contributed by atoms with Gasteiger partial charge in [-0.15, -0.1) is 11.8 Å². The molecule has 0 aromatic heterocycles. The Kier molecular flexibility index (Phi) is 4.71. The van der Waals surface area contributed by atoms with Gasteiger partial charge in [0.1, 0.15) is 0 Å². The van der Waals surface area contributed by atoms with Crippen LogP contribution in [0.25, 0.3) is 0 Å². The van der Waals surface area contributed by atoms with Crippen molar-refractivity contribution in [3.63, 3.8) is 0 Å². The smallest absolute Gasteiger partial charge is 0.328 e. The predicted molar refractivity (Wildman–Crippen MR) is 66.1 cm³/mol. The summed E-state index contributed by atoms with van der Waals surface area (Å²) in [6.45, 7) is 0. The first-order chi connectivity index (χ1) is 7.09. The van der Waals surface area contributed by atoms with Gasteiger partial charge in [-0.05, 0) is 18.2 Å². The molecule has 1 aromatic carbocycles. The molecule has 1 rings (SSSR count). The molecule has 3 nitrogen and oxygen atoms in total. The summed E-state index contributed by atoms with van der Waals surface area (Å²) in [6, 6.07) is 5.59. The summed E-state index contributed by atoms with van der Waals surface area (Å²) in [5, 5.41) is 8.38. The average molecular weight is 288 g/mol. The number of thioether (sulfide) groups is 1. The third kappa shape index (κ3) is 4.40. The molecule has 0 aliphatic carbocycles. The highest BCUT2D eigenvalue weighted by Gasteiger charge is 1.99. The summed E-state index contributed by atoms with van der Waals surface area (Å²) in [5.41, 5.74) is 6.45. The first-order valence-electron chi connectivity index (χ1n) is 4.17. The van der Waals surface area contributed by atoms with E-state index in [1.165, 1.54) is 11.8 Å². The van der Waals surface area contributed by atoms with Gasteiger partial charge in [0.15, 0.2) is 0 Å². The molecule has 0 aliphatic rings. The van der Waals surface area contributed by atoms with E-state index in [2.05, 4.69) is 15.9 Å². The summed E-state index contributed by atoms with van der Waals surface area (Å²) in [4.78, 5) is 11.1. The van der Waals surface area contributed by atoms with Gasteiger partial charge in [-0.25, -0.2) is 4.79 Å². The van der Waals surface area contributed by atoms with Crippen molar-refractivity contribution in [1.29, 1.82) is 0 Å². The number of benzene rings is 1. The van der Waals surface area contributed by atoms with Crippen LogP contribution >= 0.6 is 27.7 Å². The summed E-state index contributed by atoms with van der Waals surface area (Å²) >= 11 is 4.85. The molecule has 0 aliphatic heterocycles. The number of rotatable bonds is 4. The van der Waals surface area contributed by atoms with Crippen molar-refractivity contribution in [2.75, 3.05) is 11.5 Å². The van der Waals surface area contributed by atoms with E-state index in [9.17, 15) is 4.79 Å². The zero-order chi connectivity index (χ0) is 11.3. The van der Waals surface area contributed by atoms with E-state index in [4.69, 9.17) is 10.8 Å². The average Bonchev–Trinajstić information content (AvgIpc) is 2.17. The number of carboxylic acids is 1. The van der Waals surface area contributed by atoms with Crippen LogP contribution in [0.15, 0.2) is 39.7 Å². The Morgan fingerprint density at radius 3 is 3.00 bits per heavy atom. The van der Waals surface area contributed by atoms with Gasteiger partial charge in [0, 0.05) is 26.9 Å². The van der Waals surface area contributed by atoms with Crippen LogP contribution in [0.4, 0.5) is 5.69 Å². The molecule has 3 N–H and O–H groups in total. The highest BCUT2D eigenvalue weighted by Crippen LogP contribution is 2.28. The Balaban J connectivity index is 2.57. The Morgan fingerprint density at radius 1 is 1.60 bits per heavy atom. The maximum atomic E-state index is 10.2. The fourth-order valence-corrected chi connectivity index (χ4v) is 2.25. The Bertz CT molecular complexity index is 393. The number of anilines is 1. The lowest BCUT2D eigenvalue weighted by atomic mass is 10.3. The largest absolute Gasteiger partial charge is 0.478 e. The van der Waals surface area contributed by atoms with Crippen molar-refractivity contribution in [2.45, 2.75) is 4.90 Å². The molecule has 0 atom stereocenters. The normalized spacial score (nSPS) is 10.7. The number of nitrogens with two attached hydrogens (primary N) is 1. The summed E-state index contributed by atoms with van der Waals surface area (Å²) in [5.74, 6) is -0.342. The van der Waals surface area contributed by atoms with Gasteiger partial charge < -0.3 is 10.8 Å². The molecule has 0 spiro atoms. The third-order valence-corrected chi connectivity index (χ3v) is 3.09. The summed E-state index contributed by atoms with van der Waals surface area (Å²) in [7, 11) is 0. The van der Waals surface area contributed by atoms with Gasteiger partial charge in [-0.1, -0.05) is 22.0 Å². The van der Waals surface area contributed by atoms with Crippen LogP contribution in [0.5, 0.6) is 0 Å². The van der Waals surface area contributed by atoms with Crippen LogP contribution in [0.3, 0.4) is 0 Å². The number of aliphatic carboxylic acids is 1. The van der Waals surface area contributed by atoms with E-state index in [0.29, 0.717) is 11.4 Å². The minimum absolute atomic E-state index is 0.590. The van der Waals surface area contributed by atoms with E-state index in [1.54, 1.807) is 6.08 Å². The zero-order valence-corrected chi connectivity index (χ0v) is 10.2. The maximum absolute atomic E-state index is 10.2. The number of hydrogen-bond acceptors (Lipinski definition) is 3. The van der Waals surface area contributed by atoms with Crippen LogP contribution in [0.1, 0.15) is 0 Å². The van der Waals surface area contributed by atoms with Crippen molar-refractivity contribution in [3.8, 4) is 0 Å².